The maximum absolute atomic E-state index is 11.4. The van der Waals surface area contributed by atoms with Crippen LogP contribution >= 0.6 is 0 Å². The predicted octanol–water partition coefficient (Wildman–Crippen LogP) is 1.87. The minimum absolute atomic E-state index is 0.214. The lowest BCUT2D eigenvalue weighted by Gasteiger charge is -2.13. The molecule has 0 aliphatic rings. The van der Waals surface area contributed by atoms with Gasteiger partial charge in [-0.1, -0.05) is 0 Å². The van der Waals surface area contributed by atoms with Crippen LogP contribution in [0.25, 0.3) is 0 Å². The molecule has 1 aromatic rings. The van der Waals surface area contributed by atoms with Crippen LogP contribution in [0.3, 0.4) is 0 Å². The van der Waals surface area contributed by atoms with Crippen molar-refractivity contribution in [3.05, 3.63) is 38.4 Å². The molecule has 0 aliphatic carbocycles. The number of hydrogen-bond acceptors (Lipinski definition) is 7. The van der Waals surface area contributed by atoms with Gasteiger partial charge in [0.1, 0.15) is 6.04 Å². The summed E-state index contributed by atoms with van der Waals surface area (Å²) in [6.07, 6.45) is 0. The van der Waals surface area contributed by atoms with E-state index in [1.54, 1.807) is 6.92 Å². The first-order chi connectivity index (χ1) is 9.36. The number of anilines is 1. The number of rotatable bonds is 6. The largest absolute Gasteiger partial charge is 0.464 e. The molecule has 0 radical (unpaired) electrons. The van der Waals surface area contributed by atoms with Crippen molar-refractivity contribution < 1.29 is 19.4 Å². The Bertz CT molecular complexity index is 545. The molecule has 0 bridgehead atoms. The van der Waals surface area contributed by atoms with Gasteiger partial charge in [-0.15, -0.1) is 0 Å². The monoisotopic (exact) mass is 283 g/mol. The number of carbonyl (C=O) groups is 1. The van der Waals surface area contributed by atoms with Crippen LogP contribution < -0.4 is 5.32 Å². The second-order valence-corrected chi connectivity index (χ2v) is 3.84. The summed E-state index contributed by atoms with van der Waals surface area (Å²) in [6, 6.07) is 2.59. The van der Waals surface area contributed by atoms with Gasteiger partial charge in [-0.05, 0) is 19.9 Å². The van der Waals surface area contributed by atoms with Crippen LogP contribution in [0.4, 0.5) is 17.1 Å². The van der Waals surface area contributed by atoms with Gasteiger partial charge in [0.25, 0.3) is 0 Å². The van der Waals surface area contributed by atoms with E-state index in [0.717, 1.165) is 12.1 Å². The van der Waals surface area contributed by atoms with Crippen molar-refractivity contribution in [3.8, 4) is 0 Å². The molecule has 0 fully saturated rings. The minimum Gasteiger partial charge on any atom is -0.464 e. The first kappa shape index (κ1) is 15.3. The smallest absolute Gasteiger partial charge is 0.348 e. The van der Waals surface area contributed by atoms with Gasteiger partial charge in [-0.2, -0.15) is 0 Å². The van der Waals surface area contributed by atoms with Crippen molar-refractivity contribution in [3.63, 3.8) is 0 Å². The van der Waals surface area contributed by atoms with Gasteiger partial charge in [0.15, 0.2) is 0 Å². The van der Waals surface area contributed by atoms with Crippen LogP contribution in [0.2, 0.25) is 0 Å². The molecule has 0 saturated heterocycles. The van der Waals surface area contributed by atoms with Crippen LogP contribution in [-0.4, -0.2) is 28.5 Å². The Morgan fingerprint density at radius 2 is 1.90 bits per heavy atom. The Labute approximate surface area is 113 Å². The van der Waals surface area contributed by atoms with E-state index in [4.69, 9.17) is 4.74 Å². The van der Waals surface area contributed by atoms with Gasteiger partial charge < -0.3 is 10.1 Å². The SMILES string of the molecule is CCOC(=O)C(C)Nc1ccc([N+](=O)[O-])c([N+](=O)[O-])c1. The van der Waals surface area contributed by atoms with Gasteiger partial charge in [0, 0.05) is 17.8 Å². The second-order valence-electron chi connectivity index (χ2n) is 3.84. The Hall–Kier alpha value is -2.71. The van der Waals surface area contributed by atoms with Gasteiger partial charge in [0.2, 0.25) is 0 Å². The maximum Gasteiger partial charge on any atom is 0.348 e. The topological polar surface area (TPSA) is 125 Å². The van der Waals surface area contributed by atoms with Crippen LogP contribution in [-0.2, 0) is 9.53 Å². The summed E-state index contributed by atoms with van der Waals surface area (Å²) < 4.78 is 4.77. The van der Waals surface area contributed by atoms with Crippen molar-refractivity contribution >= 4 is 23.0 Å². The number of ether oxygens (including phenoxy) is 1. The second kappa shape index (κ2) is 6.45. The fraction of sp³-hybridized carbons (Fsp3) is 0.364. The quantitative estimate of drug-likeness (QED) is 0.479. The summed E-state index contributed by atoms with van der Waals surface area (Å²) in [5, 5.41) is 24.1. The molecule has 0 heterocycles. The highest BCUT2D eigenvalue weighted by molar-refractivity contribution is 5.79. The van der Waals surface area contributed by atoms with E-state index in [1.165, 1.54) is 13.0 Å². The van der Waals surface area contributed by atoms with Crippen LogP contribution in [0.15, 0.2) is 18.2 Å². The Morgan fingerprint density at radius 3 is 2.40 bits per heavy atom. The molecule has 9 nitrogen and oxygen atoms in total. The highest BCUT2D eigenvalue weighted by atomic mass is 16.6. The van der Waals surface area contributed by atoms with Crippen molar-refractivity contribution in [1.29, 1.82) is 0 Å². The molecule has 1 N–H and O–H groups in total. The van der Waals surface area contributed by atoms with Crippen molar-refractivity contribution in [2.75, 3.05) is 11.9 Å². The molecule has 1 atom stereocenters. The number of benzene rings is 1. The van der Waals surface area contributed by atoms with E-state index in [2.05, 4.69) is 5.32 Å². The summed E-state index contributed by atoms with van der Waals surface area (Å²) in [7, 11) is 0. The summed E-state index contributed by atoms with van der Waals surface area (Å²) >= 11 is 0. The van der Waals surface area contributed by atoms with E-state index in [9.17, 15) is 25.0 Å². The molecule has 0 amide bonds. The molecule has 108 valence electrons. The highest BCUT2D eigenvalue weighted by Gasteiger charge is 2.25. The third kappa shape index (κ3) is 3.64. The molecule has 1 unspecified atom stereocenters. The predicted molar refractivity (Wildman–Crippen MR) is 69.5 cm³/mol. The van der Waals surface area contributed by atoms with E-state index >= 15 is 0 Å². The van der Waals surface area contributed by atoms with Crippen LogP contribution in [0, 0.1) is 20.2 Å². The van der Waals surface area contributed by atoms with E-state index in [1.807, 2.05) is 0 Å². The van der Waals surface area contributed by atoms with Crippen molar-refractivity contribution in [2.24, 2.45) is 0 Å². The Balaban J connectivity index is 2.98. The third-order valence-corrected chi connectivity index (χ3v) is 2.39. The van der Waals surface area contributed by atoms with Crippen molar-refractivity contribution in [1.82, 2.24) is 0 Å². The number of nitrogens with one attached hydrogen (secondary N) is 1. The number of hydrogen-bond donors (Lipinski definition) is 1. The molecule has 20 heavy (non-hydrogen) atoms. The number of nitro groups is 2. The molecule has 0 aliphatic heterocycles. The summed E-state index contributed by atoms with van der Waals surface area (Å²) in [4.78, 5) is 31.2. The zero-order valence-electron chi connectivity index (χ0n) is 10.9. The average Bonchev–Trinajstić information content (AvgIpc) is 2.38. The van der Waals surface area contributed by atoms with E-state index in [-0.39, 0.29) is 12.3 Å². The first-order valence-corrected chi connectivity index (χ1v) is 5.72. The van der Waals surface area contributed by atoms with Crippen LogP contribution in [0.5, 0.6) is 0 Å². The fourth-order valence-corrected chi connectivity index (χ4v) is 1.49. The van der Waals surface area contributed by atoms with Crippen molar-refractivity contribution in [2.45, 2.75) is 19.9 Å². The molecule has 0 saturated carbocycles. The molecular weight excluding hydrogens is 270 g/mol. The number of esters is 1. The number of carbonyl (C=O) groups excluding carboxylic acids is 1. The zero-order valence-corrected chi connectivity index (χ0v) is 10.9. The first-order valence-electron chi connectivity index (χ1n) is 5.72. The average molecular weight is 283 g/mol. The molecule has 0 aromatic heterocycles. The Kier molecular flexibility index (Phi) is 4.95. The lowest BCUT2D eigenvalue weighted by molar-refractivity contribution is -0.422. The summed E-state index contributed by atoms with van der Waals surface area (Å²) in [5.74, 6) is -0.520. The Morgan fingerprint density at radius 1 is 1.30 bits per heavy atom. The maximum atomic E-state index is 11.4. The lowest BCUT2D eigenvalue weighted by atomic mass is 10.2. The molecule has 1 aromatic carbocycles. The van der Waals surface area contributed by atoms with E-state index < -0.39 is 33.2 Å². The van der Waals surface area contributed by atoms with Crippen LogP contribution in [0.1, 0.15) is 13.8 Å². The fourth-order valence-electron chi connectivity index (χ4n) is 1.49. The number of nitrogens with zero attached hydrogens (tertiary/aromatic N) is 2. The molecule has 9 heteroatoms. The van der Waals surface area contributed by atoms with E-state index in [0.29, 0.717) is 0 Å². The van der Waals surface area contributed by atoms with Gasteiger partial charge >= 0.3 is 17.3 Å². The van der Waals surface area contributed by atoms with Gasteiger partial charge in [0.05, 0.1) is 16.5 Å². The lowest BCUT2D eigenvalue weighted by Crippen LogP contribution is -2.28. The highest BCUT2D eigenvalue weighted by Crippen LogP contribution is 2.29. The summed E-state index contributed by atoms with van der Waals surface area (Å²) in [5.41, 5.74) is -1.02. The molecule has 1 rings (SSSR count). The minimum atomic E-state index is -0.849. The number of nitro benzene ring substituents is 2. The normalized spacial score (nSPS) is 11.5. The molecular formula is C11H13N3O6. The van der Waals surface area contributed by atoms with Gasteiger partial charge in [-0.3, -0.25) is 20.2 Å². The molecule has 0 spiro atoms. The third-order valence-electron chi connectivity index (χ3n) is 2.39. The standard InChI is InChI=1S/C11H13N3O6/c1-3-20-11(15)7(2)12-8-4-5-9(13(16)17)10(6-8)14(18)19/h4-7,12H,3H2,1-2H3. The zero-order chi connectivity index (χ0) is 15.3. The summed E-state index contributed by atoms with van der Waals surface area (Å²) in [6.45, 7) is 3.39. The van der Waals surface area contributed by atoms with Gasteiger partial charge in [-0.25, -0.2) is 4.79 Å².